The molecular weight excluding hydrogens is 654 g/mol. The number of aromatic hydroxyl groups is 1. The first-order valence-electron chi connectivity index (χ1n) is 17.1. The smallest absolute Gasteiger partial charge is 0.255 e. The highest BCUT2D eigenvalue weighted by atomic mass is 16.5. The average Bonchev–Trinajstić information content (AvgIpc) is 3.13. The van der Waals surface area contributed by atoms with Crippen LogP contribution in [0.3, 0.4) is 0 Å². The number of nitrogens with one attached hydrogen (secondary N) is 4. The molecule has 3 aliphatic rings. The third-order valence-electron chi connectivity index (χ3n) is 9.22. The van der Waals surface area contributed by atoms with Crippen LogP contribution in [0.1, 0.15) is 55.1 Å². The van der Waals surface area contributed by atoms with E-state index in [0.717, 1.165) is 16.9 Å². The Hall–Kier alpha value is -5.59. The Bertz CT molecular complexity index is 1740. The average molecular weight is 700 g/mol. The van der Waals surface area contributed by atoms with Gasteiger partial charge in [0.2, 0.25) is 23.6 Å². The van der Waals surface area contributed by atoms with Crippen LogP contribution in [0.15, 0.2) is 66.7 Å². The maximum atomic E-state index is 14.0. The zero-order valence-corrected chi connectivity index (χ0v) is 29.2. The number of methoxy groups -OCH3 is 1. The molecule has 3 aromatic carbocycles. The topological polar surface area (TPSA) is 175 Å². The van der Waals surface area contributed by atoms with Crippen LogP contribution in [0.2, 0.25) is 0 Å². The Morgan fingerprint density at radius 2 is 1.59 bits per heavy atom. The van der Waals surface area contributed by atoms with E-state index in [-0.39, 0.29) is 41.4 Å². The summed E-state index contributed by atoms with van der Waals surface area (Å²) < 4.78 is 11.1. The largest absolute Gasteiger partial charge is 0.507 e. The molecule has 5 N–H and O–H groups in total. The molecule has 13 heteroatoms. The number of likely N-dealkylation sites (tertiary alicyclic amines) is 1. The minimum Gasteiger partial charge on any atom is -0.507 e. The number of piperidine rings is 1. The second kappa shape index (κ2) is 16.4. The monoisotopic (exact) mass is 699 g/mol. The fraction of sp³-hybridized carbons (Fsp3) is 0.395. The first-order chi connectivity index (χ1) is 24.4. The maximum absolute atomic E-state index is 14.0. The highest BCUT2D eigenvalue weighted by Crippen LogP contribution is 2.28. The molecule has 0 spiro atoms. The molecule has 4 bridgehead atoms. The Morgan fingerprint density at radius 3 is 2.24 bits per heavy atom. The van der Waals surface area contributed by atoms with Gasteiger partial charge in [0.1, 0.15) is 41.1 Å². The number of carbonyl (C=O) groups excluding carboxylic acids is 5. The second-order valence-electron chi connectivity index (χ2n) is 13.3. The van der Waals surface area contributed by atoms with Gasteiger partial charge < -0.3 is 40.7 Å². The molecule has 0 radical (unpaired) electrons. The Morgan fingerprint density at radius 1 is 0.922 bits per heavy atom. The highest BCUT2D eigenvalue weighted by Gasteiger charge is 2.34. The van der Waals surface area contributed by atoms with Crippen LogP contribution in [0.5, 0.6) is 23.0 Å². The number of carbonyl (C=O) groups is 5. The number of phenols is 1. The van der Waals surface area contributed by atoms with Gasteiger partial charge in [0.25, 0.3) is 5.91 Å². The maximum Gasteiger partial charge on any atom is 0.255 e. The van der Waals surface area contributed by atoms with Gasteiger partial charge in [-0.05, 0) is 79.3 Å². The Balaban J connectivity index is 1.30. The molecule has 0 aromatic heterocycles. The molecule has 3 aliphatic heterocycles. The predicted molar refractivity (Wildman–Crippen MR) is 188 cm³/mol. The Kier molecular flexibility index (Phi) is 11.8. The highest BCUT2D eigenvalue weighted by molar-refractivity contribution is 6.00. The van der Waals surface area contributed by atoms with Crippen LogP contribution in [-0.2, 0) is 32.1 Å². The van der Waals surface area contributed by atoms with Crippen LogP contribution in [0.25, 0.3) is 0 Å². The van der Waals surface area contributed by atoms with Crippen LogP contribution in [0, 0.1) is 11.8 Å². The Labute approximate surface area is 297 Å². The van der Waals surface area contributed by atoms with Gasteiger partial charge in [-0.2, -0.15) is 0 Å². The molecule has 3 heterocycles. The molecule has 1 saturated heterocycles. The van der Waals surface area contributed by atoms with Gasteiger partial charge in [0.05, 0.1) is 12.7 Å². The second-order valence-corrected chi connectivity index (χ2v) is 13.3. The lowest BCUT2D eigenvalue weighted by molar-refractivity contribution is -0.139. The van der Waals surface area contributed by atoms with Crippen molar-refractivity contribution in [2.45, 2.75) is 64.7 Å². The van der Waals surface area contributed by atoms with Gasteiger partial charge in [0.15, 0.2) is 0 Å². The summed E-state index contributed by atoms with van der Waals surface area (Å²) in [7, 11) is 1.60. The van der Waals surface area contributed by atoms with Crippen molar-refractivity contribution >= 4 is 29.5 Å². The third kappa shape index (κ3) is 9.35. The fourth-order valence-electron chi connectivity index (χ4n) is 6.10. The summed E-state index contributed by atoms with van der Waals surface area (Å²) in [5, 5.41) is 21.6. The summed E-state index contributed by atoms with van der Waals surface area (Å²) in [6.07, 6.45) is 1.11. The fourth-order valence-corrected chi connectivity index (χ4v) is 6.10. The minimum atomic E-state index is -1.04. The van der Waals surface area contributed by atoms with Crippen LogP contribution in [-0.4, -0.2) is 77.9 Å². The van der Waals surface area contributed by atoms with Gasteiger partial charge in [-0.15, -0.1) is 0 Å². The van der Waals surface area contributed by atoms with Crippen molar-refractivity contribution < 1.29 is 38.6 Å². The van der Waals surface area contributed by atoms with Gasteiger partial charge in [0, 0.05) is 32.0 Å². The normalized spacial score (nSPS) is 20.3. The molecule has 0 unspecified atom stereocenters. The number of rotatable bonds is 6. The molecule has 3 aromatic rings. The van der Waals surface area contributed by atoms with Crippen molar-refractivity contribution in [3.05, 3.63) is 83.4 Å². The van der Waals surface area contributed by atoms with E-state index >= 15 is 0 Å². The number of nitrogens with zero attached hydrogens (tertiary/aromatic N) is 1. The molecule has 1 fully saturated rings. The van der Waals surface area contributed by atoms with Crippen molar-refractivity contribution in [3.8, 4) is 23.0 Å². The SMILES string of the molecule is COc1ccc(CNC(=O)C2CCN(C(=O)[C@@H]3Cc4ccc(cc4)Oc4ccc(O)c(c4)C(=O)N[C@@H](C(C)C)C(=O)N[C@@H](C)C(=O)N3)CC2)cc1. The lowest BCUT2D eigenvalue weighted by Crippen LogP contribution is -2.58. The van der Waals surface area contributed by atoms with E-state index in [4.69, 9.17) is 9.47 Å². The molecule has 6 rings (SSSR count). The minimum absolute atomic E-state index is 0.0749. The van der Waals surface area contributed by atoms with E-state index in [1.807, 2.05) is 24.3 Å². The molecule has 0 saturated carbocycles. The number of phenolic OH excluding ortho intramolecular Hbond substituents is 1. The van der Waals surface area contributed by atoms with Crippen molar-refractivity contribution in [1.82, 2.24) is 26.2 Å². The van der Waals surface area contributed by atoms with E-state index in [1.165, 1.54) is 25.1 Å². The molecule has 13 nitrogen and oxygen atoms in total. The predicted octanol–water partition coefficient (Wildman–Crippen LogP) is 3.05. The summed E-state index contributed by atoms with van der Waals surface area (Å²) in [6, 6.07) is 15.6. The van der Waals surface area contributed by atoms with Crippen molar-refractivity contribution in [2.75, 3.05) is 20.2 Å². The zero-order valence-electron chi connectivity index (χ0n) is 29.2. The van der Waals surface area contributed by atoms with Crippen LogP contribution < -0.4 is 30.7 Å². The first kappa shape index (κ1) is 36.7. The summed E-state index contributed by atoms with van der Waals surface area (Å²) in [5.41, 5.74) is 1.62. The first-order valence-corrected chi connectivity index (χ1v) is 17.1. The zero-order chi connectivity index (χ0) is 36.7. The van der Waals surface area contributed by atoms with Gasteiger partial charge in [-0.3, -0.25) is 24.0 Å². The molecule has 51 heavy (non-hydrogen) atoms. The number of benzene rings is 3. The molecule has 3 atom stereocenters. The lowest BCUT2D eigenvalue weighted by Gasteiger charge is -2.34. The van der Waals surface area contributed by atoms with E-state index in [1.54, 1.807) is 50.1 Å². The van der Waals surface area contributed by atoms with Crippen LogP contribution in [0.4, 0.5) is 0 Å². The van der Waals surface area contributed by atoms with E-state index in [9.17, 15) is 29.1 Å². The quantitative estimate of drug-likeness (QED) is 0.244. The molecular formula is C38H45N5O8. The number of ether oxygens (including phenoxy) is 2. The molecule has 5 amide bonds. The summed E-state index contributed by atoms with van der Waals surface area (Å²) in [4.78, 5) is 68.6. The number of amides is 5. The van der Waals surface area contributed by atoms with E-state index in [2.05, 4.69) is 21.3 Å². The molecule has 0 aliphatic carbocycles. The number of hydrogen-bond donors (Lipinski definition) is 5. The van der Waals surface area contributed by atoms with Crippen molar-refractivity contribution in [3.63, 3.8) is 0 Å². The number of hydrogen-bond acceptors (Lipinski definition) is 8. The van der Waals surface area contributed by atoms with Crippen molar-refractivity contribution in [1.29, 1.82) is 0 Å². The third-order valence-corrected chi connectivity index (χ3v) is 9.22. The van der Waals surface area contributed by atoms with Gasteiger partial charge >= 0.3 is 0 Å². The van der Waals surface area contributed by atoms with Crippen LogP contribution >= 0.6 is 0 Å². The molecule has 270 valence electrons. The summed E-state index contributed by atoms with van der Waals surface area (Å²) in [6.45, 7) is 6.06. The van der Waals surface area contributed by atoms with Crippen molar-refractivity contribution in [2.24, 2.45) is 11.8 Å². The summed E-state index contributed by atoms with van der Waals surface area (Å²) >= 11 is 0. The summed E-state index contributed by atoms with van der Waals surface area (Å²) in [5.74, 6) is -1.66. The lowest BCUT2D eigenvalue weighted by atomic mass is 9.94. The van der Waals surface area contributed by atoms with Gasteiger partial charge in [-0.1, -0.05) is 38.1 Å². The number of fused-ring (bicyclic) bond motifs is 11. The van der Waals surface area contributed by atoms with Gasteiger partial charge in [-0.25, -0.2) is 0 Å². The van der Waals surface area contributed by atoms with E-state index in [0.29, 0.717) is 44.0 Å². The standard InChI is InChI=1S/C38H45N5O8/c1-22(2)33-37(48)40-23(3)34(45)41-31(19-24-5-11-28(12-6-24)51-29-13-14-32(44)30(20-29)36(47)42-33)38(49)43-17-15-26(16-18-43)35(46)39-21-25-7-9-27(50-4)10-8-25/h5-14,20,22-23,26,31,33,44H,15-19,21H2,1-4H3,(H,39,46)(H,40,48)(H,41,45)(H,42,47)/t23-,31-,33-/m0/s1. The van der Waals surface area contributed by atoms with E-state index < -0.39 is 35.8 Å².